The molecule has 0 heterocycles. The first-order chi connectivity index (χ1) is 9.43. The van der Waals surface area contributed by atoms with E-state index in [1.807, 2.05) is 0 Å². The average molecular weight is 336 g/mol. The summed E-state index contributed by atoms with van der Waals surface area (Å²) in [7, 11) is -3.72. The largest absolute Gasteiger partial charge is 0.392 e. The summed E-state index contributed by atoms with van der Waals surface area (Å²) in [4.78, 5) is -0.0265. The van der Waals surface area contributed by atoms with Gasteiger partial charge in [-0.25, -0.2) is 8.42 Å². The summed E-state index contributed by atoms with van der Waals surface area (Å²) in [5, 5.41) is 9.49. The van der Waals surface area contributed by atoms with Crippen LogP contribution in [0.15, 0.2) is 29.7 Å². The van der Waals surface area contributed by atoms with Crippen molar-refractivity contribution in [2.24, 2.45) is 0 Å². The first-order valence-electron chi connectivity index (χ1n) is 6.14. The lowest BCUT2D eigenvalue weighted by atomic mass is 10.2. The van der Waals surface area contributed by atoms with Crippen LogP contribution in [0.3, 0.4) is 0 Å². The lowest BCUT2D eigenvalue weighted by Gasteiger charge is -2.21. The van der Waals surface area contributed by atoms with Crippen molar-refractivity contribution < 1.29 is 13.5 Å². The number of halogens is 2. The van der Waals surface area contributed by atoms with Crippen LogP contribution in [0, 0.1) is 0 Å². The summed E-state index contributed by atoms with van der Waals surface area (Å²) >= 11 is 12.0. The van der Waals surface area contributed by atoms with Gasteiger partial charge in [0.25, 0.3) is 0 Å². The number of rotatable bonds is 6. The Kier molecular flexibility index (Phi) is 4.76. The Morgan fingerprint density at radius 3 is 2.55 bits per heavy atom. The summed E-state index contributed by atoms with van der Waals surface area (Å²) in [6.45, 7) is 3.41. The van der Waals surface area contributed by atoms with Gasteiger partial charge in [0.05, 0.1) is 11.6 Å². The molecule has 1 N–H and O–H groups in total. The van der Waals surface area contributed by atoms with Crippen LogP contribution in [0.1, 0.15) is 18.4 Å². The molecule has 1 saturated carbocycles. The fourth-order valence-electron chi connectivity index (χ4n) is 1.98. The van der Waals surface area contributed by atoms with E-state index in [0.29, 0.717) is 0 Å². The Morgan fingerprint density at radius 1 is 1.40 bits per heavy atom. The molecule has 0 atom stereocenters. The number of nitrogens with zero attached hydrogens (tertiary/aromatic N) is 1. The van der Waals surface area contributed by atoms with Gasteiger partial charge in [0, 0.05) is 23.2 Å². The van der Waals surface area contributed by atoms with E-state index in [9.17, 15) is 13.5 Å². The molecule has 7 heteroatoms. The summed E-state index contributed by atoms with van der Waals surface area (Å²) in [5.41, 5.74) is 0.226. The standard InChI is InChI=1S/C13H15Cl2NO3S/c1-2-7-16(9-3-4-9)20(18,19)12-6-5-11(14)10(8-17)13(12)15/h2,5-6,9,17H,1,3-4,7-8H2. The zero-order valence-corrected chi connectivity index (χ0v) is 13.0. The number of aliphatic hydroxyl groups is 1. The van der Waals surface area contributed by atoms with Gasteiger partial charge in [0.2, 0.25) is 10.0 Å². The van der Waals surface area contributed by atoms with Crippen LogP contribution in [-0.4, -0.2) is 30.4 Å². The second kappa shape index (κ2) is 6.03. The second-order valence-corrected chi connectivity index (χ2v) is 7.23. The minimum atomic E-state index is -3.72. The Balaban J connectivity index is 2.51. The summed E-state index contributed by atoms with van der Waals surface area (Å²) in [5.74, 6) is 0. The molecular formula is C13H15Cl2NO3S. The Morgan fingerprint density at radius 2 is 2.05 bits per heavy atom. The molecule has 0 amide bonds. The molecule has 110 valence electrons. The van der Waals surface area contributed by atoms with Crippen molar-refractivity contribution in [3.05, 3.63) is 40.4 Å². The van der Waals surface area contributed by atoms with E-state index in [1.54, 1.807) is 6.08 Å². The highest BCUT2D eigenvalue weighted by molar-refractivity contribution is 7.89. The maximum Gasteiger partial charge on any atom is 0.245 e. The van der Waals surface area contributed by atoms with Gasteiger partial charge in [-0.05, 0) is 25.0 Å². The minimum absolute atomic E-state index is 0.00215. The number of aliphatic hydroxyl groups excluding tert-OH is 1. The van der Waals surface area contributed by atoms with Gasteiger partial charge in [-0.1, -0.05) is 29.3 Å². The molecular weight excluding hydrogens is 321 g/mol. The maximum atomic E-state index is 12.7. The fraction of sp³-hybridized carbons (Fsp3) is 0.385. The molecule has 0 radical (unpaired) electrons. The highest BCUT2D eigenvalue weighted by Gasteiger charge is 2.38. The molecule has 0 saturated heterocycles. The van der Waals surface area contributed by atoms with E-state index in [1.165, 1.54) is 16.4 Å². The first-order valence-corrected chi connectivity index (χ1v) is 8.33. The van der Waals surface area contributed by atoms with Crippen LogP contribution >= 0.6 is 23.2 Å². The van der Waals surface area contributed by atoms with Gasteiger partial charge < -0.3 is 5.11 Å². The van der Waals surface area contributed by atoms with E-state index in [4.69, 9.17) is 23.2 Å². The van der Waals surface area contributed by atoms with Crippen molar-refractivity contribution in [2.75, 3.05) is 6.54 Å². The van der Waals surface area contributed by atoms with E-state index >= 15 is 0 Å². The molecule has 1 aliphatic rings. The van der Waals surface area contributed by atoms with Crippen molar-refractivity contribution in [1.82, 2.24) is 4.31 Å². The highest BCUT2D eigenvalue weighted by Crippen LogP contribution is 2.37. The molecule has 0 spiro atoms. The van der Waals surface area contributed by atoms with Crippen molar-refractivity contribution in [1.29, 1.82) is 0 Å². The molecule has 0 aromatic heterocycles. The zero-order chi connectivity index (χ0) is 14.9. The number of hydrogen-bond acceptors (Lipinski definition) is 3. The van der Waals surface area contributed by atoms with Gasteiger partial charge >= 0.3 is 0 Å². The highest BCUT2D eigenvalue weighted by atomic mass is 35.5. The Bertz CT molecular complexity index is 627. The quantitative estimate of drug-likeness (QED) is 0.813. The number of hydrogen-bond donors (Lipinski definition) is 1. The molecule has 2 rings (SSSR count). The van der Waals surface area contributed by atoms with Crippen molar-refractivity contribution >= 4 is 33.2 Å². The SMILES string of the molecule is C=CCN(C1CC1)S(=O)(=O)c1ccc(Cl)c(CO)c1Cl. The monoisotopic (exact) mass is 335 g/mol. The lowest BCUT2D eigenvalue weighted by Crippen LogP contribution is -2.33. The average Bonchev–Trinajstić information content (AvgIpc) is 3.20. The topological polar surface area (TPSA) is 57.6 Å². The molecule has 1 fully saturated rings. The van der Waals surface area contributed by atoms with E-state index < -0.39 is 16.6 Å². The van der Waals surface area contributed by atoms with Crippen LogP contribution in [-0.2, 0) is 16.6 Å². The minimum Gasteiger partial charge on any atom is -0.392 e. The third kappa shape index (κ3) is 2.87. The molecule has 0 unspecified atom stereocenters. The van der Waals surface area contributed by atoms with Crippen molar-refractivity contribution in [3.63, 3.8) is 0 Å². The summed E-state index contributed by atoms with van der Waals surface area (Å²) in [6.07, 6.45) is 3.23. The van der Waals surface area contributed by atoms with Crippen LogP contribution in [0.2, 0.25) is 10.0 Å². The predicted molar refractivity (Wildman–Crippen MR) is 79.5 cm³/mol. The molecule has 0 aliphatic heterocycles. The van der Waals surface area contributed by atoms with Crippen LogP contribution < -0.4 is 0 Å². The molecule has 4 nitrogen and oxygen atoms in total. The summed E-state index contributed by atoms with van der Waals surface area (Å²) in [6, 6.07) is 2.81. The van der Waals surface area contributed by atoms with Crippen LogP contribution in [0.4, 0.5) is 0 Å². The molecule has 0 bridgehead atoms. The summed E-state index contributed by atoms with van der Waals surface area (Å²) < 4.78 is 26.7. The third-order valence-electron chi connectivity index (χ3n) is 3.16. The third-order valence-corrected chi connectivity index (χ3v) is 6.02. The molecule has 1 aromatic rings. The lowest BCUT2D eigenvalue weighted by molar-refractivity contribution is 0.281. The first kappa shape index (κ1) is 15.8. The smallest absolute Gasteiger partial charge is 0.245 e. The maximum absolute atomic E-state index is 12.7. The van der Waals surface area contributed by atoms with E-state index in [-0.39, 0.29) is 33.1 Å². The predicted octanol–water partition coefficient (Wildman–Crippen LogP) is 2.82. The van der Waals surface area contributed by atoms with E-state index in [2.05, 4.69) is 6.58 Å². The Labute approximate surface area is 128 Å². The zero-order valence-electron chi connectivity index (χ0n) is 10.7. The normalized spacial score (nSPS) is 15.6. The van der Waals surface area contributed by atoms with Gasteiger partial charge in [-0.3, -0.25) is 0 Å². The fourth-order valence-corrected chi connectivity index (χ4v) is 4.51. The van der Waals surface area contributed by atoms with Gasteiger partial charge in [-0.15, -0.1) is 6.58 Å². The van der Waals surface area contributed by atoms with Crippen LogP contribution in [0.5, 0.6) is 0 Å². The molecule has 1 aliphatic carbocycles. The van der Waals surface area contributed by atoms with Crippen molar-refractivity contribution in [2.45, 2.75) is 30.4 Å². The van der Waals surface area contributed by atoms with Gasteiger partial charge in [0.15, 0.2) is 0 Å². The van der Waals surface area contributed by atoms with Gasteiger partial charge in [-0.2, -0.15) is 4.31 Å². The van der Waals surface area contributed by atoms with Crippen molar-refractivity contribution in [3.8, 4) is 0 Å². The Hall–Kier alpha value is -0.590. The van der Waals surface area contributed by atoms with Gasteiger partial charge in [0.1, 0.15) is 4.90 Å². The molecule has 1 aromatic carbocycles. The molecule has 20 heavy (non-hydrogen) atoms. The second-order valence-electron chi connectivity index (χ2n) is 4.59. The van der Waals surface area contributed by atoms with Crippen LogP contribution in [0.25, 0.3) is 0 Å². The number of benzene rings is 1. The van der Waals surface area contributed by atoms with E-state index in [0.717, 1.165) is 12.8 Å². The number of sulfonamides is 1.